The van der Waals surface area contributed by atoms with Crippen molar-refractivity contribution in [3.8, 4) is 0 Å². The number of nitrogens with zero attached hydrogens (tertiary/aromatic N) is 1. The third kappa shape index (κ3) is 4.96. The number of halogens is 3. The van der Waals surface area contributed by atoms with E-state index in [9.17, 15) is 27.6 Å². The highest BCUT2D eigenvalue weighted by Crippen LogP contribution is 2.33. The summed E-state index contributed by atoms with van der Waals surface area (Å²) in [5, 5.41) is 2.54. The van der Waals surface area contributed by atoms with E-state index in [0.29, 0.717) is 6.54 Å². The van der Waals surface area contributed by atoms with Gasteiger partial charge < -0.3 is 15.0 Å². The largest absolute Gasteiger partial charge is 0.455 e. The van der Waals surface area contributed by atoms with Crippen LogP contribution in [0.25, 0.3) is 0 Å². The smallest absolute Gasteiger partial charge is 0.416 e. The van der Waals surface area contributed by atoms with Crippen molar-refractivity contribution in [1.29, 1.82) is 0 Å². The summed E-state index contributed by atoms with van der Waals surface area (Å²) in [6.07, 6.45) is -3.96. The van der Waals surface area contributed by atoms with Crippen molar-refractivity contribution < 1.29 is 32.3 Å². The highest BCUT2D eigenvalue weighted by Gasteiger charge is 2.37. The fourth-order valence-corrected chi connectivity index (χ4v) is 2.54. The van der Waals surface area contributed by atoms with Gasteiger partial charge in [0.15, 0.2) is 6.61 Å². The fraction of sp³-hybridized carbons (Fsp3) is 0.471. The number of esters is 1. The maximum atomic E-state index is 12.8. The molecule has 0 aromatic heterocycles. The van der Waals surface area contributed by atoms with Crippen molar-refractivity contribution in [3.63, 3.8) is 0 Å². The normalized spacial score (nSPS) is 17.3. The highest BCUT2D eigenvalue weighted by molar-refractivity contribution is 5.99. The van der Waals surface area contributed by atoms with Crippen molar-refractivity contribution in [2.45, 2.75) is 25.9 Å². The third-order valence-corrected chi connectivity index (χ3v) is 3.86. The lowest BCUT2D eigenvalue weighted by Gasteiger charge is -2.18. The van der Waals surface area contributed by atoms with Gasteiger partial charge in [0.05, 0.1) is 11.5 Å². The van der Waals surface area contributed by atoms with Gasteiger partial charge in [0.2, 0.25) is 5.91 Å². The van der Waals surface area contributed by atoms with Crippen LogP contribution in [0.15, 0.2) is 24.3 Å². The lowest BCUT2D eigenvalue weighted by Crippen LogP contribution is -2.31. The predicted molar refractivity (Wildman–Crippen MR) is 86.2 cm³/mol. The molecular weight excluding hydrogens is 353 g/mol. The number of carbonyl (C=O) groups excluding carboxylic acids is 3. The van der Waals surface area contributed by atoms with E-state index < -0.39 is 42.0 Å². The van der Waals surface area contributed by atoms with E-state index in [2.05, 4.69) is 5.32 Å². The van der Waals surface area contributed by atoms with Crippen LogP contribution in [0.1, 0.15) is 25.3 Å². The molecule has 1 fully saturated rings. The van der Waals surface area contributed by atoms with E-state index in [1.165, 1.54) is 12.1 Å². The first-order chi connectivity index (χ1) is 12.2. The van der Waals surface area contributed by atoms with Gasteiger partial charge in [-0.3, -0.25) is 14.4 Å². The Morgan fingerprint density at radius 1 is 1.35 bits per heavy atom. The number of carbonyl (C=O) groups is 3. The van der Waals surface area contributed by atoms with E-state index in [-0.39, 0.29) is 18.7 Å². The Kier molecular flexibility index (Phi) is 6.23. The van der Waals surface area contributed by atoms with Crippen LogP contribution in [0.5, 0.6) is 0 Å². The molecule has 0 bridgehead atoms. The molecule has 1 saturated heterocycles. The lowest BCUT2D eigenvalue weighted by atomic mass is 10.1. The summed E-state index contributed by atoms with van der Waals surface area (Å²) in [5.74, 6) is -2.46. The minimum atomic E-state index is -4.52. The van der Waals surface area contributed by atoms with Crippen LogP contribution < -0.4 is 10.2 Å². The second kappa shape index (κ2) is 8.20. The Hall–Kier alpha value is -2.58. The molecule has 6 nitrogen and oxygen atoms in total. The monoisotopic (exact) mass is 372 g/mol. The summed E-state index contributed by atoms with van der Waals surface area (Å²) in [6, 6.07) is 4.35. The molecule has 1 aromatic carbocycles. The van der Waals surface area contributed by atoms with E-state index in [1.54, 1.807) is 0 Å². The first-order valence-electron chi connectivity index (χ1n) is 8.13. The number of rotatable bonds is 6. The molecule has 26 heavy (non-hydrogen) atoms. The van der Waals surface area contributed by atoms with E-state index in [4.69, 9.17) is 4.74 Å². The number of hydrogen-bond acceptors (Lipinski definition) is 4. The second-order valence-corrected chi connectivity index (χ2v) is 5.91. The Morgan fingerprint density at radius 2 is 2.08 bits per heavy atom. The van der Waals surface area contributed by atoms with Crippen molar-refractivity contribution in [1.82, 2.24) is 5.32 Å². The average Bonchev–Trinajstić information content (AvgIpc) is 2.99. The van der Waals surface area contributed by atoms with Crippen molar-refractivity contribution in [3.05, 3.63) is 29.8 Å². The second-order valence-electron chi connectivity index (χ2n) is 5.91. The molecule has 0 radical (unpaired) electrons. The first kappa shape index (κ1) is 19.7. The highest BCUT2D eigenvalue weighted by atomic mass is 19.4. The number of anilines is 1. The zero-order valence-electron chi connectivity index (χ0n) is 14.1. The topological polar surface area (TPSA) is 75.7 Å². The number of benzene rings is 1. The maximum absolute atomic E-state index is 12.8. The molecule has 0 aliphatic carbocycles. The van der Waals surface area contributed by atoms with E-state index in [1.807, 2.05) is 6.92 Å². The molecule has 1 heterocycles. The number of alkyl halides is 3. The fourth-order valence-electron chi connectivity index (χ4n) is 2.54. The van der Waals surface area contributed by atoms with Gasteiger partial charge in [-0.2, -0.15) is 13.2 Å². The SMILES string of the molecule is CCCNC(=O)COC(=O)[C@H]1CC(=O)N(c2cccc(C(F)(F)F)c2)C1. The molecule has 2 amide bonds. The average molecular weight is 372 g/mol. The summed E-state index contributed by atoms with van der Waals surface area (Å²) in [7, 11) is 0. The summed E-state index contributed by atoms with van der Waals surface area (Å²) in [5.41, 5.74) is -0.803. The van der Waals surface area contributed by atoms with Crippen molar-refractivity contribution in [2.75, 3.05) is 24.6 Å². The van der Waals surface area contributed by atoms with Crippen LogP contribution in [0.2, 0.25) is 0 Å². The molecule has 0 unspecified atom stereocenters. The number of nitrogens with one attached hydrogen (secondary N) is 1. The van der Waals surface area contributed by atoms with Crippen LogP contribution in [0.4, 0.5) is 18.9 Å². The number of hydrogen-bond donors (Lipinski definition) is 1. The van der Waals surface area contributed by atoms with Gasteiger partial charge in [-0.1, -0.05) is 13.0 Å². The molecular formula is C17H19F3N2O4. The first-order valence-corrected chi connectivity index (χ1v) is 8.13. The predicted octanol–water partition coefficient (Wildman–Crippen LogP) is 2.13. The Bertz CT molecular complexity index is 691. The number of amides is 2. The molecule has 1 atom stereocenters. The Morgan fingerprint density at radius 3 is 2.73 bits per heavy atom. The minimum absolute atomic E-state index is 0.0702. The van der Waals surface area contributed by atoms with Gasteiger partial charge in [0.1, 0.15) is 0 Å². The van der Waals surface area contributed by atoms with Gasteiger partial charge in [-0.15, -0.1) is 0 Å². The summed E-state index contributed by atoms with van der Waals surface area (Å²) < 4.78 is 43.3. The molecule has 1 aliphatic heterocycles. The standard InChI is InChI=1S/C17H19F3N2O4/c1-2-6-21-14(23)10-26-16(25)11-7-15(24)22(9-11)13-5-3-4-12(8-13)17(18,19)20/h3-5,8,11H,2,6-7,9-10H2,1H3,(H,21,23)/t11-/m0/s1. The minimum Gasteiger partial charge on any atom is -0.455 e. The molecule has 0 saturated carbocycles. The van der Waals surface area contributed by atoms with Gasteiger partial charge in [0.25, 0.3) is 5.91 Å². The molecule has 1 N–H and O–H groups in total. The van der Waals surface area contributed by atoms with Crippen LogP contribution in [0.3, 0.4) is 0 Å². The Balaban J connectivity index is 1.98. The van der Waals surface area contributed by atoms with Gasteiger partial charge in [0, 0.05) is 25.2 Å². The third-order valence-electron chi connectivity index (χ3n) is 3.86. The quantitative estimate of drug-likeness (QED) is 0.777. The van der Waals surface area contributed by atoms with Crippen molar-refractivity contribution >= 4 is 23.5 Å². The van der Waals surface area contributed by atoms with E-state index >= 15 is 0 Å². The van der Waals surface area contributed by atoms with Gasteiger partial charge in [-0.05, 0) is 24.6 Å². The lowest BCUT2D eigenvalue weighted by molar-refractivity contribution is -0.152. The summed E-state index contributed by atoms with van der Waals surface area (Å²) in [4.78, 5) is 36.7. The molecule has 1 aromatic rings. The molecule has 142 valence electrons. The molecule has 1 aliphatic rings. The zero-order chi connectivity index (χ0) is 19.3. The summed E-state index contributed by atoms with van der Waals surface area (Å²) >= 11 is 0. The van der Waals surface area contributed by atoms with Gasteiger partial charge in [-0.25, -0.2) is 0 Å². The zero-order valence-corrected chi connectivity index (χ0v) is 14.1. The molecule has 0 spiro atoms. The van der Waals surface area contributed by atoms with Crippen LogP contribution >= 0.6 is 0 Å². The number of ether oxygens (including phenoxy) is 1. The van der Waals surface area contributed by atoms with Crippen molar-refractivity contribution in [2.24, 2.45) is 5.92 Å². The van der Waals surface area contributed by atoms with E-state index in [0.717, 1.165) is 23.5 Å². The Labute approximate surface area is 148 Å². The van der Waals surface area contributed by atoms with Crippen LogP contribution in [-0.2, 0) is 25.3 Å². The molecule has 9 heteroatoms. The van der Waals surface area contributed by atoms with Crippen LogP contribution in [0, 0.1) is 5.92 Å². The van der Waals surface area contributed by atoms with Crippen LogP contribution in [-0.4, -0.2) is 37.5 Å². The molecule has 2 rings (SSSR count). The maximum Gasteiger partial charge on any atom is 0.416 e. The van der Waals surface area contributed by atoms with Gasteiger partial charge >= 0.3 is 12.1 Å². The summed E-state index contributed by atoms with van der Waals surface area (Å²) in [6.45, 7) is 1.79.